The van der Waals surface area contributed by atoms with Crippen LogP contribution in [-0.2, 0) is 11.3 Å². The molecule has 1 N–H and O–H groups in total. The van der Waals surface area contributed by atoms with Crippen molar-refractivity contribution in [2.24, 2.45) is 0 Å². The largest absolute Gasteiger partial charge is 0.481 e. The minimum Gasteiger partial charge on any atom is -0.481 e. The average Bonchev–Trinajstić information content (AvgIpc) is 3.15. The number of benzene rings is 2. The Kier molecular flexibility index (Phi) is 7.86. The first kappa shape index (κ1) is 23.4. The summed E-state index contributed by atoms with van der Waals surface area (Å²) in [5, 5.41) is 13.1. The fourth-order valence-electron chi connectivity index (χ4n) is 2.96. The van der Waals surface area contributed by atoms with E-state index in [0.717, 1.165) is 11.3 Å². The summed E-state index contributed by atoms with van der Waals surface area (Å²) in [6.45, 7) is 8.56. The van der Waals surface area contributed by atoms with Crippen LogP contribution in [-0.4, -0.2) is 26.4 Å². The van der Waals surface area contributed by atoms with Gasteiger partial charge in [-0.2, -0.15) is 0 Å². The highest BCUT2D eigenvalue weighted by atomic mass is 35.5. The Morgan fingerprint density at radius 1 is 1.16 bits per heavy atom. The number of nitrogens with zero attached hydrogens (tertiary/aromatic N) is 3. The fraction of sp³-hybridized carbons (Fsp3) is 0.318. The maximum atomic E-state index is 12.4. The number of halogens is 2. The highest BCUT2D eigenvalue weighted by Gasteiger charge is 2.20. The van der Waals surface area contributed by atoms with Crippen LogP contribution in [0.3, 0.4) is 0 Å². The monoisotopic (exact) mass is 478 g/mol. The number of ether oxygens (including phenoxy) is 1. The second kappa shape index (κ2) is 10.4. The summed E-state index contributed by atoms with van der Waals surface area (Å²) in [6.07, 6.45) is -0.401. The zero-order chi connectivity index (χ0) is 22.5. The van der Waals surface area contributed by atoms with Gasteiger partial charge in [-0.1, -0.05) is 41.0 Å². The topological polar surface area (TPSA) is 69.0 Å². The molecule has 1 unspecified atom stereocenters. The summed E-state index contributed by atoms with van der Waals surface area (Å²) in [6, 6.07) is 10.9. The third kappa shape index (κ3) is 5.93. The number of rotatable bonds is 8. The number of anilines is 1. The Morgan fingerprint density at radius 2 is 1.94 bits per heavy atom. The van der Waals surface area contributed by atoms with E-state index >= 15 is 0 Å². The van der Waals surface area contributed by atoms with Crippen molar-refractivity contribution >= 4 is 46.6 Å². The molecule has 3 rings (SSSR count). The molecule has 0 fully saturated rings. The highest BCUT2D eigenvalue weighted by Crippen LogP contribution is 2.32. The molecule has 1 amide bonds. The quantitative estimate of drug-likeness (QED) is 0.396. The number of aryl methyl sites for hydroxylation is 2. The SMILES string of the molecule is CCn1c(SCC(=O)Nc2ccc(C)c(C)c2)nnc1C(C)Oc1cc(Cl)ccc1Cl. The summed E-state index contributed by atoms with van der Waals surface area (Å²) >= 11 is 13.6. The molecular formula is C22H24Cl2N4O2S. The van der Waals surface area contributed by atoms with E-state index in [1.165, 1.54) is 17.3 Å². The number of hydrogen-bond acceptors (Lipinski definition) is 5. The van der Waals surface area contributed by atoms with Crippen LogP contribution in [0, 0.1) is 13.8 Å². The van der Waals surface area contributed by atoms with Crippen molar-refractivity contribution in [1.82, 2.24) is 14.8 Å². The zero-order valence-electron chi connectivity index (χ0n) is 17.8. The molecule has 0 aliphatic heterocycles. The van der Waals surface area contributed by atoms with E-state index in [9.17, 15) is 4.79 Å². The summed E-state index contributed by atoms with van der Waals surface area (Å²) in [5.41, 5.74) is 3.10. The molecular weight excluding hydrogens is 455 g/mol. The van der Waals surface area contributed by atoms with Gasteiger partial charge in [0, 0.05) is 23.3 Å². The number of nitrogens with one attached hydrogen (secondary N) is 1. The van der Waals surface area contributed by atoms with Gasteiger partial charge in [-0.25, -0.2) is 0 Å². The number of amides is 1. The number of carbonyl (C=O) groups is 1. The van der Waals surface area contributed by atoms with Crippen LogP contribution in [0.15, 0.2) is 41.6 Å². The summed E-state index contributed by atoms with van der Waals surface area (Å²) < 4.78 is 7.89. The number of aromatic nitrogens is 3. The normalized spacial score (nSPS) is 11.9. The van der Waals surface area contributed by atoms with Crippen LogP contribution in [0.25, 0.3) is 0 Å². The Bertz CT molecular complexity index is 1090. The molecule has 0 saturated heterocycles. The maximum Gasteiger partial charge on any atom is 0.234 e. The number of carbonyl (C=O) groups excluding carboxylic acids is 1. The predicted octanol–water partition coefficient (Wildman–Crippen LogP) is 6.09. The minimum absolute atomic E-state index is 0.101. The summed E-state index contributed by atoms with van der Waals surface area (Å²) in [4.78, 5) is 12.4. The van der Waals surface area contributed by atoms with Gasteiger partial charge in [0.05, 0.1) is 10.8 Å². The average molecular weight is 479 g/mol. The van der Waals surface area contributed by atoms with Gasteiger partial charge in [-0.15, -0.1) is 10.2 Å². The second-order valence-electron chi connectivity index (χ2n) is 7.06. The molecule has 1 atom stereocenters. The standard InChI is InChI=1S/C22H24Cl2N4O2S/c1-5-28-21(15(4)30-19-11-16(23)7-9-18(19)24)26-27-22(28)31-12-20(29)25-17-8-6-13(2)14(3)10-17/h6-11,15H,5,12H2,1-4H3,(H,25,29). The molecule has 1 heterocycles. The van der Waals surface area contributed by atoms with Gasteiger partial charge >= 0.3 is 0 Å². The molecule has 0 radical (unpaired) electrons. The van der Waals surface area contributed by atoms with Crippen molar-refractivity contribution in [2.45, 2.75) is 45.5 Å². The molecule has 3 aromatic rings. The molecule has 0 spiro atoms. The molecule has 0 aliphatic rings. The van der Waals surface area contributed by atoms with E-state index in [-0.39, 0.29) is 11.7 Å². The van der Waals surface area contributed by atoms with Crippen LogP contribution >= 0.6 is 35.0 Å². The lowest BCUT2D eigenvalue weighted by molar-refractivity contribution is -0.113. The van der Waals surface area contributed by atoms with Crippen molar-refractivity contribution in [3.05, 3.63) is 63.4 Å². The van der Waals surface area contributed by atoms with Gasteiger partial charge in [-0.3, -0.25) is 4.79 Å². The van der Waals surface area contributed by atoms with Crippen LogP contribution in [0.5, 0.6) is 5.75 Å². The fourth-order valence-corrected chi connectivity index (χ4v) is 4.10. The molecule has 0 aliphatic carbocycles. The molecule has 31 heavy (non-hydrogen) atoms. The predicted molar refractivity (Wildman–Crippen MR) is 126 cm³/mol. The van der Waals surface area contributed by atoms with Crippen molar-refractivity contribution < 1.29 is 9.53 Å². The third-order valence-electron chi connectivity index (χ3n) is 4.75. The van der Waals surface area contributed by atoms with Crippen molar-refractivity contribution in [3.8, 4) is 5.75 Å². The van der Waals surface area contributed by atoms with Crippen LogP contribution in [0.4, 0.5) is 5.69 Å². The van der Waals surface area contributed by atoms with Crippen LogP contribution < -0.4 is 10.1 Å². The Morgan fingerprint density at radius 3 is 2.65 bits per heavy atom. The molecule has 164 valence electrons. The lowest BCUT2D eigenvalue weighted by Gasteiger charge is -2.16. The maximum absolute atomic E-state index is 12.4. The molecule has 0 bridgehead atoms. The van der Waals surface area contributed by atoms with Crippen molar-refractivity contribution in [1.29, 1.82) is 0 Å². The van der Waals surface area contributed by atoms with E-state index in [2.05, 4.69) is 15.5 Å². The zero-order valence-corrected chi connectivity index (χ0v) is 20.1. The van der Waals surface area contributed by atoms with Gasteiger partial charge in [0.1, 0.15) is 5.75 Å². The first-order valence-electron chi connectivity index (χ1n) is 9.83. The first-order valence-corrected chi connectivity index (χ1v) is 11.6. The first-order chi connectivity index (χ1) is 14.8. The van der Waals surface area contributed by atoms with Gasteiger partial charge in [0.25, 0.3) is 0 Å². The lowest BCUT2D eigenvalue weighted by Crippen LogP contribution is -2.15. The van der Waals surface area contributed by atoms with Crippen LogP contribution in [0.1, 0.15) is 36.9 Å². The molecule has 9 heteroatoms. The number of hydrogen-bond donors (Lipinski definition) is 1. The van der Waals surface area contributed by atoms with E-state index in [1.54, 1.807) is 18.2 Å². The highest BCUT2D eigenvalue weighted by molar-refractivity contribution is 7.99. The molecule has 1 aromatic heterocycles. The van der Waals surface area contributed by atoms with Gasteiger partial charge < -0.3 is 14.6 Å². The summed E-state index contributed by atoms with van der Waals surface area (Å²) in [7, 11) is 0. The molecule has 6 nitrogen and oxygen atoms in total. The Hall–Kier alpha value is -2.22. The van der Waals surface area contributed by atoms with Gasteiger partial charge in [-0.05, 0) is 63.1 Å². The van der Waals surface area contributed by atoms with Crippen molar-refractivity contribution in [3.63, 3.8) is 0 Å². The third-order valence-corrected chi connectivity index (χ3v) is 6.26. The number of thioether (sulfide) groups is 1. The summed E-state index contributed by atoms with van der Waals surface area (Å²) in [5.74, 6) is 1.25. The molecule has 2 aromatic carbocycles. The van der Waals surface area contributed by atoms with Gasteiger partial charge in [0.15, 0.2) is 17.1 Å². The lowest BCUT2D eigenvalue weighted by atomic mass is 10.1. The van der Waals surface area contributed by atoms with Crippen molar-refractivity contribution in [2.75, 3.05) is 11.1 Å². The van der Waals surface area contributed by atoms with Crippen LogP contribution in [0.2, 0.25) is 10.0 Å². The minimum atomic E-state index is -0.401. The Labute approximate surface area is 196 Å². The van der Waals surface area contributed by atoms with E-state index in [0.29, 0.717) is 33.3 Å². The second-order valence-corrected chi connectivity index (χ2v) is 8.84. The van der Waals surface area contributed by atoms with E-state index < -0.39 is 6.10 Å². The smallest absolute Gasteiger partial charge is 0.234 e. The Balaban J connectivity index is 1.65. The van der Waals surface area contributed by atoms with E-state index in [4.69, 9.17) is 27.9 Å². The molecule has 0 saturated carbocycles. The van der Waals surface area contributed by atoms with E-state index in [1.807, 2.05) is 50.5 Å². The van der Waals surface area contributed by atoms with Gasteiger partial charge in [0.2, 0.25) is 5.91 Å².